The van der Waals surface area contributed by atoms with Gasteiger partial charge in [0.05, 0.1) is 15.5 Å². The molecule has 3 aromatic carbocycles. The number of thiazole rings is 1. The summed E-state index contributed by atoms with van der Waals surface area (Å²) in [4.78, 5) is 7.03. The Balaban J connectivity index is 1.78. The summed E-state index contributed by atoms with van der Waals surface area (Å²) in [5.74, 6) is -0.299. The minimum absolute atomic E-state index is 0.259. The highest BCUT2D eigenvalue weighted by molar-refractivity contribution is 9.10. The first-order chi connectivity index (χ1) is 14.3. The van der Waals surface area contributed by atoms with Crippen LogP contribution >= 0.6 is 39.0 Å². The molecule has 0 atom stereocenters. The molecule has 0 aliphatic heterocycles. The molecule has 0 fully saturated rings. The van der Waals surface area contributed by atoms with E-state index >= 15 is 0 Å². The van der Waals surface area contributed by atoms with Gasteiger partial charge in [-0.15, -0.1) is 11.3 Å². The van der Waals surface area contributed by atoms with E-state index in [4.69, 9.17) is 4.98 Å². The summed E-state index contributed by atoms with van der Waals surface area (Å²) in [6.45, 7) is 0. The van der Waals surface area contributed by atoms with Crippen LogP contribution in [-0.4, -0.2) is 19.7 Å². The second kappa shape index (κ2) is 8.63. The van der Waals surface area contributed by atoms with Crippen LogP contribution < -0.4 is 0 Å². The van der Waals surface area contributed by atoms with Crippen LogP contribution in [0.5, 0.6) is 0 Å². The van der Waals surface area contributed by atoms with Crippen molar-refractivity contribution in [3.63, 3.8) is 0 Å². The molecule has 0 unspecified atom stereocenters. The van der Waals surface area contributed by atoms with Crippen LogP contribution in [0.3, 0.4) is 0 Å². The Bertz CT molecular complexity index is 1280. The number of aromatic nitrogens is 1. The monoisotopic (exact) mass is 519 g/mol. The fourth-order valence-electron chi connectivity index (χ4n) is 2.80. The average molecular weight is 520 g/mol. The van der Waals surface area contributed by atoms with E-state index in [2.05, 4.69) is 15.9 Å². The van der Waals surface area contributed by atoms with Crippen molar-refractivity contribution in [1.82, 2.24) is 4.98 Å². The second-order valence-corrected chi connectivity index (χ2v) is 11.8. The van der Waals surface area contributed by atoms with Crippen molar-refractivity contribution in [2.45, 2.75) is 14.1 Å². The van der Waals surface area contributed by atoms with Crippen LogP contribution in [0, 0.1) is 5.82 Å². The summed E-state index contributed by atoms with van der Waals surface area (Å²) in [5.41, 5.74) is 2.41. The zero-order valence-corrected chi connectivity index (χ0v) is 19.7. The van der Waals surface area contributed by atoms with Crippen LogP contribution in [0.1, 0.15) is 0 Å². The fraction of sp³-hybridized carbons (Fsp3) is 0.0455. The van der Waals surface area contributed by atoms with Crippen molar-refractivity contribution < 1.29 is 12.8 Å². The van der Waals surface area contributed by atoms with Crippen molar-refractivity contribution in [2.75, 3.05) is 6.26 Å². The molecule has 8 heteroatoms. The summed E-state index contributed by atoms with van der Waals surface area (Å²) < 4.78 is 38.8. The molecule has 0 aliphatic rings. The van der Waals surface area contributed by atoms with Crippen LogP contribution in [0.4, 0.5) is 4.39 Å². The smallest absolute Gasteiger partial charge is 0.175 e. The van der Waals surface area contributed by atoms with Crippen molar-refractivity contribution in [3.05, 3.63) is 83.1 Å². The highest BCUT2D eigenvalue weighted by Crippen LogP contribution is 2.42. The highest BCUT2D eigenvalue weighted by Gasteiger charge is 2.17. The molecule has 0 spiro atoms. The number of benzene rings is 3. The summed E-state index contributed by atoms with van der Waals surface area (Å²) >= 11 is 6.51. The van der Waals surface area contributed by atoms with Gasteiger partial charge in [0, 0.05) is 21.2 Å². The Morgan fingerprint density at radius 1 is 0.900 bits per heavy atom. The normalized spacial score (nSPS) is 11.6. The number of halogens is 2. The third-order valence-electron chi connectivity index (χ3n) is 4.29. The lowest BCUT2D eigenvalue weighted by Crippen LogP contribution is -1.96. The van der Waals surface area contributed by atoms with E-state index in [-0.39, 0.29) is 10.7 Å². The second-order valence-electron chi connectivity index (χ2n) is 6.52. The molecule has 3 nitrogen and oxygen atoms in total. The van der Waals surface area contributed by atoms with Gasteiger partial charge < -0.3 is 0 Å². The van der Waals surface area contributed by atoms with Crippen molar-refractivity contribution in [3.8, 4) is 21.7 Å². The van der Waals surface area contributed by atoms with Gasteiger partial charge in [-0.3, -0.25) is 0 Å². The quantitative estimate of drug-likeness (QED) is 0.286. The van der Waals surface area contributed by atoms with E-state index in [0.717, 1.165) is 35.4 Å². The van der Waals surface area contributed by atoms with E-state index in [1.807, 2.05) is 24.3 Å². The van der Waals surface area contributed by atoms with E-state index in [1.165, 1.54) is 29.7 Å². The Morgan fingerprint density at radius 2 is 1.50 bits per heavy atom. The molecule has 0 saturated carbocycles. The van der Waals surface area contributed by atoms with Gasteiger partial charge in [0.1, 0.15) is 5.82 Å². The van der Waals surface area contributed by atoms with E-state index in [0.29, 0.717) is 0 Å². The molecule has 0 bridgehead atoms. The maximum Gasteiger partial charge on any atom is 0.175 e. The highest BCUT2D eigenvalue weighted by atomic mass is 79.9. The van der Waals surface area contributed by atoms with Gasteiger partial charge in [-0.05, 0) is 54.1 Å². The molecule has 0 N–H and O–H groups in total. The standard InChI is InChI=1S/C22H15BrFNO2S3/c1-30(26,27)19-12-4-14(5-13-19)20-21(15-2-8-17(24)9-3-15)29-22(25-20)28-18-10-6-16(23)7-11-18/h2-13H,1H3. The molecule has 30 heavy (non-hydrogen) atoms. The maximum absolute atomic E-state index is 13.4. The Hall–Kier alpha value is -2.00. The SMILES string of the molecule is CS(=O)(=O)c1ccc(-c2nc(Sc3ccc(Br)cc3)sc2-c2ccc(F)cc2)cc1. The largest absolute Gasteiger partial charge is 0.229 e. The Morgan fingerprint density at radius 3 is 2.10 bits per heavy atom. The molecular weight excluding hydrogens is 505 g/mol. The summed E-state index contributed by atoms with van der Waals surface area (Å²) in [5, 5.41) is 0. The molecule has 4 aromatic rings. The van der Waals surface area contributed by atoms with Gasteiger partial charge in [0.15, 0.2) is 14.2 Å². The van der Waals surface area contributed by atoms with Gasteiger partial charge in [-0.25, -0.2) is 17.8 Å². The number of hydrogen-bond donors (Lipinski definition) is 0. The average Bonchev–Trinajstić information content (AvgIpc) is 3.13. The number of rotatable bonds is 5. The zero-order valence-electron chi connectivity index (χ0n) is 15.7. The summed E-state index contributed by atoms with van der Waals surface area (Å²) in [6, 6.07) is 20.9. The van der Waals surface area contributed by atoms with E-state index in [1.54, 1.807) is 48.2 Å². The topological polar surface area (TPSA) is 47.0 Å². The van der Waals surface area contributed by atoms with Gasteiger partial charge >= 0.3 is 0 Å². The van der Waals surface area contributed by atoms with Crippen LogP contribution in [0.2, 0.25) is 0 Å². The first kappa shape index (κ1) is 21.2. The minimum Gasteiger partial charge on any atom is -0.229 e. The number of hydrogen-bond acceptors (Lipinski definition) is 5. The van der Waals surface area contributed by atoms with Gasteiger partial charge in [-0.1, -0.05) is 52.0 Å². The molecule has 0 aliphatic carbocycles. The first-order valence-electron chi connectivity index (χ1n) is 8.80. The Kier molecular flexibility index (Phi) is 6.11. The number of sulfone groups is 1. The van der Waals surface area contributed by atoms with Gasteiger partial charge in [0.2, 0.25) is 0 Å². The fourth-order valence-corrected chi connectivity index (χ4v) is 5.84. The van der Waals surface area contributed by atoms with Crippen LogP contribution in [-0.2, 0) is 9.84 Å². The van der Waals surface area contributed by atoms with Crippen molar-refractivity contribution in [1.29, 1.82) is 0 Å². The van der Waals surface area contributed by atoms with Gasteiger partial charge in [-0.2, -0.15) is 0 Å². The molecule has 152 valence electrons. The molecule has 0 amide bonds. The van der Waals surface area contributed by atoms with Crippen LogP contribution in [0.15, 0.2) is 91.4 Å². The van der Waals surface area contributed by atoms with Crippen LogP contribution in [0.25, 0.3) is 21.7 Å². The molecule has 0 saturated heterocycles. The predicted molar refractivity (Wildman–Crippen MR) is 124 cm³/mol. The Labute approximate surface area is 191 Å². The molecule has 1 heterocycles. The first-order valence-corrected chi connectivity index (χ1v) is 13.1. The molecule has 4 rings (SSSR count). The maximum atomic E-state index is 13.4. The van der Waals surface area contributed by atoms with E-state index < -0.39 is 9.84 Å². The summed E-state index contributed by atoms with van der Waals surface area (Å²) in [7, 11) is -3.28. The number of nitrogens with zero attached hydrogens (tertiary/aromatic N) is 1. The third kappa shape index (κ3) is 4.83. The summed E-state index contributed by atoms with van der Waals surface area (Å²) in [6.07, 6.45) is 1.18. The third-order valence-corrected chi connectivity index (χ3v) is 8.12. The van der Waals surface area contributed by atoms with Gasteiger partial charge in [0.25, 0.3) is 0 Å². The predicted octanol–water partition coefficient (Wildman–Crippen LogP) is 6.93. The molecule has 1 aromatic heterocycles. The minimum atomic E-state index is -3.28. The molecule has 0 radical (unpaired) electrons. The lowest BCUT2D eigenvalue weighted by Gasteiger charge is -2.04. The van der Waals surface area contributed by atoms with E-state index in [9.17, 15) is 12.8 Å². The van der Waals surface area contributed by atoms with Crippen molar-refractivity contribution in [2.24, 2.45) is 0 Å². The zero-order chi connectivity index (χ0) is 21.3. The lowest BCUT2D eigenvalue weighted by molar-refractivity contribution is 0.602. The van der Waals surface area contributed by atoms with Crippen molar-refractivity contribution >= 4 is 48.9 Å². The lowest BCUT2D eigenvalue weighted by atomic mass is 10.1. The molecular formula is C22H15BrFNO2S3.